The molecule has 1 unspecified atom stereocenters. The molecule has 1 aliphatic heterocycles. The molecule has 1 aliphatic rings. The molecule has 0 saturated carbocycles. The van der Waals surface area contributed by atoms with E-state index < -0.39 is 35.4 Å². The Kier molecular flexibility index (Phi) is 9.78. The predicted octanol–water partition coefficient (Wildman–Crippen LogP) is 4.18. The minimum absolute atomic E-state index is 0.0123. The van der Waals surface area contributed by atoms with Crippen molar-refractivity contribution in [3.63, 3.8) is 0 Å². The van der Waals surface area contributed by atoms with Crippen LogP contribution in [0.2, 0.25) is 25.7 Å². The van der Waals surface area contributed by atoms with Gasteiger partial charge in [-0.3, -0.25) is 9.36 Å². The van der Waals surface area contributed by atoms with Gasteiger partial charge >= 0.3 is 5.97 Å². The second-order valence-corrected chi connectivity index (χ2v) is 20.0. The molecular formula is C29H41N5O8SSi. The molecule has 2 atom stereocenters. The molecule has 44 heavy (non-hydrogen) atoms. The van der Waals surface area contributed by atoms with Crippen molar-refractivity contribution in [2.75, 3.05) is 31.6 Å². The average molecular weight is 648 g/mol. The Hall–Kier alpha value is -3.85. The summed E-state index contributed by atoms with van der Waals surface area (Å²) in [5.41, 5.74) is 0.375. The highest BCUT2D eigenvalue weighted by atomic mass is 32.2. The van der Waals surface area contributed by atoms with Crippen LogP contribution in [0.25, 0.3) is 17.3 Å². The molecule has 1 saturated heterocycles. The summed E-state index contributed by atoms with van der Waals surface area (Å²) in [6, 6.07) is 8.18. The molecule has 0 aliphatic carbocycles. The van der Waals surface area contributed by atoms with Crippen LogP contribution in [-0.2, 0) is 19.6 Å². The van der Waals surface area contributed by atoms with Crippen molar-refractivity contribution in [3.05, 3.63) is 36.1 Å². The second-order valence-electron chi connectivity index (χ2n) is 12.1. The number of carboxylic acid groups (broad SMARTS) is 1. The summed E-state index contributed by atoms with van der Waals surface area (Å²) in [6.07, 6.45) is 0.874. The largest absolute Gasteiger partial charge is 0.494 e. The number of carbonyl (C=O) groups excluding carboxylic acids is 1. The summed E-state index contributed by atoms with van der Waals surface area (Å²) in [6.45, 7) is 9.48. The maximum Gasteiger partial charge on any atom is 0.326 e. The minimum atomic E-state index is -4.25. The number of amides is 1. The standard InChI is InChI=1S/C29H41N5O8SSi/c1-19-14-15-24(42-19)27-30-31-29(34(27)26-22(40-3)11-9-12-23(26)41-4)33(16-17-44(5,6)7)43(38,39)20(2)18-32-21(28(36)37)10-8-13-25(32)35/h9,11-12,14-15,20-21H,8,10,13,16-18H2,1-7H3,(H,36,37)/t20-,21?/m0/s1. The van der Waals surface area contributed by atoms with E-state index in [0.29, 0.717) is 41.2 Å². The smallest absolute Gasteiger partial charge is 0.326 e. The molecule has 13 nitrogen and oxygen atoms in total. The topological polar surface area (TPSA) is 157 Å². The number of furan rings is 1. The number of nitrogens with zero attached hydrogens (tertiary/aromatic N) is 5. The molecule has 0 spiro atoms. The summed E-state index contributed by atoms with van der Waals surface area (Å²) in [7, 11) is -3.06. The van der Waals surface area contributed by atoms with Gasteiger partial charge in [-0.1, -0.05) is 25.7 Å². The number of aliphatic carboxylic acids is 1. The number of aryl methyl sites for hydroxylation is 1. The lowest BCUT2D eigenvalue weighted by atomic mass is 10.0. The molecule has 1 N–H and O–H groups in total. The number of ether oxygens (including phenoxy) is 2. The average Bonchev–Trinajstić information content (AvgIpc) is 3.58. The SMILES string of the molecule is COc1cccc(OC)c1-n1c(-c2ccc(C)o2)nnc1N(CC[Si](C)(C)C)S(=O)(=O)[C@@H](C)CN1C(=O)CCCC1C(=O)O. The van der Waals surface area contributed by atoms with Crippen LogP contribution in [0.4, 0.5) is 5.95 Å². The van der Waals surface area contributed by atoms with Crippen molar-refractivity contribution < 1.29 is 37.0 Å². The summed E-state index contributed by atoms with van der Waals surface area (Å²) in [5.74, 6) is 0.432. The van der Waals surface area contributed by atoms with Crippen molar-refractivity contribution in [2.24, 2.45) is 0 Å². The third-order valence-corrected chi connectivity index (χ3v) is 11.5. The lowest BCUT2D eigenvalue weighted by Gasteiger charge is -2.36. The number of anilines is 1. The zero-order valence-corrected chi connectivity index (χ0v) is 28.0. The highest BCUT2D eigenvalue weighted by molar-refractivity contribution is 7.93. The monoisotopic (exact) mass is 647 g/mol. The van der Waals surface area contributed by atoms with Gasteiger partial charge in [0.2, 0.25) is 27.7 Å². The van der Waals surface area contributed by atoms with Crippen LogP contribution < -0.4 is 13.8 Å². The maximum atomic E-state index is 14.5. The first-order chi connectivity index (χ1) is 20.7. The van der Waals surface area contributed by atoms with E-state index in [2.05, 4.69) is 29.8 Å². The highest BCUT2D eigenvalue weighted by Gasteiger charge is 2.40. The van der Waals surface area contributed by atoms with E-state index in [9.17, 15) is 23.1 Å². The molecular weight excluding hydrogens is 606 g/mol. The first-order valence-corrected chi connectivity index (χ1v) is 19.7. The fourth-order valence-electron chi connectivity index (χ4n) is 5.18. The Morgan fingerprint density at radius 3 is 2.36 bits per heavy atom. The van der Waals surface area contributed by atoms with E-state index in [0.717, 1.165) is 0 Å². The first kappa shape index (κ1) is 33.0. The van der Waals surface area contributed by atoms with Gasteiger partial charge in [0.15, 0.2) is 5.76 Å². The Morgan fingerprint density at radius 1 is 1.16 bits per heavy atom. The normalized spacial score (nSPS) is 16.6. The molecule has 4 rings (SSSR count). The van der Waals surface area contributed by atoms with Crippen molar-refractivity contribution in [2.45, 2.75) is 70.1 Å². The number of hydrogen-bond acceptors (Lipinski definition) is 9. The van der Waals surface area contributed by atoms with Gasteiger partial charge < -0.3 is 23.9 Å². The van der Waals surface area contributed by atoms with E-state index in [1.807, 2.05) is 0 Å². The van der Waals surface area contributed by atoms with E-state index in [-0.39, 0.29) is 43.6 Å². The van der Waals surface area contributed by atoms with Gasteiger partial charge in [-0.05, 0) is 57.0 Å². The zero-order chi connectivity index (χ0) is 32.4. The summed E-state index contributed by atoms with van der Waals surface area (Å²) < 4.78 is 49.1. The van der Waals surface area contributed by atoms with Gasteiger partial charge in [-0.15, -0.1) is 10.2 Å². The van der Waals surface area contributed by atoms with Crippen LogP contribution in [-0.4, -0.2) is 91.7 Å². The van der Waals surface area contributed by atoms with Crippen LogP contribution in [0, 0.1) is 6.92 Å². The Bertz CT molecular complexity index is 1590. The van der Waals surface area contributed by atoms with E-state index in [4.69, 9.17) is 13.9 Å². The fraction of sp³-hybridized carbons (Fsp3) is 0.517. The predicted molar refractivity (Wildman–Crippen MR) is 168 cm³/mol. The Balaban J connectivity index is 1.91. The third-order valence-electron chi connectivity index (χ3n) is 7.64. The van der Waals surface area contributed by atoms with E-state index in [1.165, 1.54) is 30.3 Å². The molecule has 1 amide bonds. The maximum absolute atomic E-state index is 14.5. The second kappa shape index (κ2) is 13.0. The highest BCUT2D eigenvalue weighted by Crippen LogP contribution is 2.40. The van der Waals surface area contributed by atoms with E-state index >= 15 is 0 Å². The number of para-hydroxylation sites is 1. The fourth-order valence-corrected chi connectivity index (χ4v) is 7.71. The van der Waals surface area contributed by atoms with Crippen molar-refractivity contribution >= 4 is 35.9 Å². The van der Waals surface area contributed by atoms with Gasteiger partial charge in [0.05, 0.1) is 19.5 Å². The van der Waals surface area contributed by atoms with Gasteiger partial charge in [-0.25, -0.2) is 17.5 Å². The van der Waals surface area contributed by atoms with E-state index in [1.54, 1.807) is 41.8 Å². The molecule has 1 aromatic carbocycles. The first-order valence-electron chi connectivity index (χ1n) is 14.5. The lowest BCUT2D eigenvalue weighted by Crippen LogP contribution is -2.53. The van der Waals surface area contributed by atoms with Crippen LogP contribution >= 0.6 is 0 Å². The number of piperidine rings is 1. The van der Waals surface area contributed by atoms with Gasteiger partial charge in [0.25, 0.3) is 0 Å². The van der Waals surface area contributed by atoms with Crippen LogP contribution in [0.5, 0.6) is 11.5 Å². The van der Waals surface area contributed by atoms with Crippen LogP contribution in [0.15, 0.2) is 34.7 Å². The number of methoxy groups -OCH3 is 2. The summed E-state index contributed by atoms with van der Waals surface area (Å²) in [4.78, 5) is 26.0. The van der Waals surface area contributed by atoms with Gasteiger partial charge in [0, 0.05) is 27.6 Å². The van der Waals surface area contributed by atoms with Gasteiger partial charge in [-0.2, -0.15) is 0 Å². The number of aromatic nitrogens is 3. The number of rotatable bonds is 13. The molecule has 240 valence electrons. The number of hydrogen-bond donors (Lipinski definition) is 1. The molecule has 15 heteroatoms. The van der Waals surface area contributed by atoms with Crippen LogP contribution in [0.1, 0.15) is 31.9 Å². The minimum Gasteiger partial charge on any atom is -0.494 e. The molecule has 0 bridgehead atoms. The summed E-state index contributed by atoms with van der Waals surface area (Å²) in [5, 5.41) is 17.4. The molecule has 0 radical (unpaired) electrons. The Labute approximate surface area is 258 Å². The number of benzene rings is 1. The van der Waals surface area contributed by atoms with Crippen molar-refractivity contribution in [1.82, 2.24) is 19.7 Å². The number of likely N-dealkylation sites (tertiary alicyclic amines) is 1. The van der Waals surface area contributed by atoms with Gasteiger partial charge in [0.1, 0.15) is 29.0 Å². The van der Waals surface area contributed by atoms with Crippen molar-refractivity contribution in [3.8, 4) is 28.8 Å². The molecule has 2 aromatic heterocycles. The van der Waals surface area contributed by atoms with Crippen molar-refractivity contribution in [1.29, 1.82) is 0 Å². The molecule has 3 aromatic rings. The quantitative estimate of drug-likeness (QED) is 0.267. The lowest BCUT2D eigenvalue weighted by molar-refractivity contribution is -0.153. The Morgan fingerprint density at radius 2 is 1.82 bits per heavy atom. The number of carboxylic acids is 1. The summed E-state index contributed by atoms with van der Waals surface area (Å²) >= 11 is 0. The molecule has 1 fully saturated rings. The van der Waals surface area contributed by atoms with Crippen LogP contribution in [0.3, 0.4) is 0 Å². The number of sulfonamides is 1. The molecule has 3 heterocycles. The number of carbonyl (C=O) groups is 2. The zero-order valence-electron chi connectivity index (χ0n) is 26.2. The third kappa shape index (κ3) is 6.77.